The number of sulfonamides is 1. The molecule has 0 radical (unpaired) electrons. The van der Waals surface area contributed by atoms with Gasteiger partial charge < -0.3 is 14.8 Å². The van der Waals surface area contributed by atoms with Gasteiger partial charge in [-0.15, -0.1) is 0 Å². The first kappa shape index (κ1) is 18.1. The van der Waals surface area contributed by atoms with Crippen LogP contribution in [0, 0.1) is 6.92 Å². The molecule has 0 saturated carbocycles. The summed E-state index contributed by atoms with van der Waals surface area (Å²) >= 11 is 0. The van der Waals surface area contributed by atoms with Crippen molar-refractivity contribution in [1.82, 2.24) is 5.32 Å². The van der Waals surface area contributed by atoms with Gasteiger partial charge in [-0.3, -0.25) is 9.10 Å². The summed E-state index contributed by atoms with van der Waals surface area (Å²) in [7, 11) is -2.51. The van der Waals surface area contributed by atoms with E-state index in [1.165, 1.54) is 19.2 Å². The number of carbonyl (C=O) groups excluding carboxylic acids is 1. The summed E-state index contributed by atoms with van der Waals surface area (Å²) in [6.07, 6.45) is 0. The quantitative estimate of drug-likeness (QED) is 0.859. The van der Waals surface area contributed by atoms with E-state index in [0.29, 0.717) is 30.4 Å². The Bertz CT molecular complexity index is 927. The van der Waals surface area contributed by atoms with Gasteiger partial charge in [0, 0.05) is 13.1 Å². The molecular weight excluding hydrogens is 356 g/mol. The molecule has 2 aromatic carbocycles. The fourth-order valence-corrected chi connectivity index (χ4v) is 4.17. The summed E-state index contributed by atoms with van der Waals surface area (Å²) in [5.74, 6) is 0.473. The summed E-state index contributed by atoms with van der Waals surface area (Å²) in [6, 6.07) is 11.5. The molecule has 7 nitrogen and oxygen atoms in total. The van der Waals surface area contributed by atoms with Gasteiger partial charge in [-0.2, -0.15) is 0 Å². The van der Waals surface area contributed by atoms with Crippen LogP contribution in [0.25, 0.3) is 0 Å². The Morgan fingerprint density at radius 1 is 1.12 bits per heavy atom. The zero-order chi connectivity index (χ0) is 18.7. The number of nitrogens with one attached hydrogen (secondary N) is 1. The molecule has 1 amide bonds. The lowest BCUT2D eigenvalue weighted by Crippen LogP contribution is -2.40. The number of para-hydroxylation sites is 1. The Kier molecular flexibility index (Phi) is 5.03. The largest absolute Gasteiger partial charge is 0.486 e. The molecule has 1 aliphatic heterocycles. The third-order valence-electron chi connectivity index (χ3n) is 4.05. The Morgan fingerprint density at radius 3 is 2.50 bits per heavy atom. The zero-order valence-electron chi connectivity index (χ0n) is 14.6. The molecule has 2 aromatic rings. The van der Waals surface area contributed by atoms with Crippen molar-refractivity contribution in [1.29, 1.82) is 0 Å². The smallest absolute Gasteiger partial charge is 0.264 e. The number of likely N-dealkylation sites (N-methyl/N-ethyl adjacent to an activating group) is 1. The lowest BCUT2D eigenvalue weighted by molar-refractivity contribution is -0.119. The predicted molar refractivity (Wildman–Crippen MR) is 97.2 cm³/mol. The van der Waals surface area contributed by atoms with E-state index in [1.54, 1.807) is 31.2 Å². The molecule has 0 unspecified atom stereocenters. The number of carbonyl (C=O) groups is 1. The fraction of sp³-hybridized carbons (Fsp3) is 0.278. The van der Waals surface area contributed by atoms with Gasteiger partial charge in [-0.05, 0) is 30.7 Å². The van der Waals surface area contributed by atoms with Crippen molar-refractivity contribution in [2.75, 3.05) is 31.1 Å². The summed E-state index contributed by atoms with van der Waals surface area (Å²) in [6.45, 7) is 2.25. The maximum atomic E-state index is 13.3. The number of rotatable bonds is 5. The Hall–Kier alpha value is -2.74. The first-order valence-corrected chi connectivity index (χ1v) is 9.56. The van der Waals surface area contributed by atoms with Crippen molar-refractivity contribution < 1.29 is 22.7 Å². The van der Waals surface area contributed by atoms with Crippen LogP contribution < -0.4 is 19.1 Å². The van der Waals surface area contributed by atoms with Crippen LogP contribution in [-0.2, 0) is 14.8 Å². The first-order valence-electron chi connectivity index (χ1n) is 8.12. The topological polar surface area (TPSA) is 84.9 Å². The average molecular weight is 376 g/mol. The van der Waals surface area contributed by atoms with Crippen LogP contribution in [0.15, 0.2) is 47.4 Å². The number of nitrogens with zero attached hydrogens (tertiary/aromatic N) is 1. The van der Waals surface area contributed by atoms with Crippen molar-refractivity contribution in [3.8, 4) is 11.5 Å². The van der Waals surface area contributed by atoms with Crippen LogP contribution in [0.5, 0.6) is 11.5 Å². The van der Waals surface area contributed by atoms with E-state index in [2.05, 4.69) is 5.32 Å². The van der Waals surface area contributed by atoms with Crippen LogP contribution in [0.2, 0.25) is 0 Å². The minimum atomic E-state index is -3.98. The lowest BCUT2D eigenvalue weighted by atomic mass is 10.2. The average Bonchev–Trinajstić information content (AvgIpc) is 2.66. The molecule has 1 aliphatic rings. The van der Waals surface area contributed by atoms with Gasteiger partial charge in [0.05, 0.1) is 10.6 Å². The molecule has 3 rings (SSSR count). The van der Waals surface area contributed by atoms with Gasteiger partial charge >= 0.3 is 0 Å². The molecular formula is C18H20N2O5S. The summed E-state index contributed by atoms with van der Waals surface area (Å²) in [4.78, 5) is 12.0. The van der Waals surface area contributed by atoms with Gasteiger partial charge in [-0.1, -0.05) is 18.2 Å². The number of anilines is 1. The molecule has 0 spiro atoms. The van der Waals surface area contributed by atoms with Crippen molar-refractivity contribution in [3.05, 3.63) is 48.0 Å². The first-order chi connectivity index (χ1) is 12.4. The molecule has 0 saturated heterocycles. The van der Waals surface area contributed by atoms with Gasteiger partial charge in [0.25, 0.3) is 10.0 Å². The van der Waals surface area contributed by atoms with E-state index in [1.807, 2.05) is 6.07 Å². The monoisotopic (exact) mass is 376 g/mol. The maximum absolute atomic E-state index is 13.3. The second kappa shape index (κ2) is 7.25. The van der Waals surface area contributed by atoms with E-state index in [4.69, 9.17) is 9.47 Å². The Morgan fingerprint density at radius 2 is 1.81 bits per heavy atom. The zero-order valence-corrected chi connectivity index (χ0v) is 15.4. The van der Waals surface area contributed by atoms with E-state index in [0.717, 1.165) is 9.87 Å². The lowest BCUT2D eigenvalue weighted by Gasteiger charge is -2.26. The SMILES string of the molecule is CNC(=O)CN(c1ccccc1C)S(=O)(=O)c1ccc2c(c1)OCCO2. The molecule has 0 fully saturated rings. The van der Waals surface area contributed by atoms with Gasteiger partial charge in [0.1, 0.15) is 19.8 Å². The molecule has 0 bridgehead atoms. The highest BCUT2D eigenvalue weighted by molar-refractivity contribution is 7.92. The van der Waals surface area contributed by atoms with Crippen molar-refractivity contribution in [2.45, 2.75) is 11.8 Å². The van der Waals surface area contributed by atoms with Crippen LogP contribution in [-0.4, -0.2) is 41.1 Å². The molecule has 138 valence electrons. The highest BCUT2D eigenvalue weighted by Gasteiger charge is 2.29. The van der Waals surface area contributed by atoms with Crippen LogP contribution in [0.1, 0.15) is 5.56 Å². The molecule has 0 aliphatic carbocycles. The van der Waals surface area contributed by atoms with Gasteiger partial charge in [0.15, 0.2) is 11.5 Å². The summed E-state index contributed by atoms with van der Waals surface area (Å²) in [5.41, 5.74) is 1.20. The molecule has 0 aromatic heterocycles. The predicted octanol–water partition coefficient (Wildman–Crippen LogP) is 1.71. The standard InChI is InChI=1S/C18H20N2O5S/c1-13-5-3-4-6-15(13)20(12-18(21)19-2)26(22,23)14-7-8-16-17(11-14)25-10-9-24-16/h3-8,11H,9-10,12H2,1-2H3,(H,19,21). The van der Waals surface area contributed by atoms with Crippen molar-refractivity contribution >= 4 is 21.6 Å². The highest BCUT2D eigenvalue weighted by Crippen LogP contribution is 2.34. The number of ether oxygens (including phenoxy) is 2. The van der Waals surface area contributed by atoms with Crippen molar-refractivity contribution in [3.63, 3.8) is 0 Å². The third kappa shape index (κ3) is 3.45. The van der Waals surface area contributed by atoms with E-state index < -0.39 is 15.9 Å². The van der Waals surface area contributed by atoms with Gasteiger partial charge in [-0.25, -0.2) is 8.42 Å². The number of fused-ring (bicyclic) bond motifs is 1. The van der Waals surface area contributed by atoms with Crippen molar-refractivity contribution in [2.24, 2.45) is 0 Å². The number of aryl methyl sites for hydroxylation is 1. The molecule has 26 heavy (non-hydrogen) atoms. The molecule has 0 atom stereocenters. The maximum Gasteiger partial charge on any atom is 0.264 e. The van der Waals surface area contributed by atoms with Crippen LogP contribution >= 0.6 is 0 Å². The normalized spacial score (nSPS) is 13.2. The fourth-order valence-electron chi connectivity index (χ4n) is 2.66. The highest BCUT2D eigenvalue weighted by atomic mass is 32.2. The Balaban J connectivity index is 2.07. The minimum Gasteiger partial charge on any atom is -0.486 e. The number of benzene rings is 2. The van der Waals surface area contributed by atoms with E-state index >= 15 is 0 Å². The van der Waals surface area contributed by atoms with E-state index in [9.17, 15) is 13.2 Å². The number of amides is 1. The van der Waals surface area contributed by atoms with Crippen LogP contribution in [0.3, 0.4) is 0 Å². The minimum absolute atomic E-state index is 0.0360. The molecule has 1 heterocycles. The summed E-state index contributed by atoms with van der Waals surface area (Å²) in [5, 5.41) is 2.47. The second-order valence-corrected chi connectivity index (χ2v) is 7.64. The second-order valence-electron chi connectivity index (χ2n) is 5.78. The number of hydrogen-bond donors (Lipinski definition) is 1. The summed E-state index contributed by atoms with van der Waals surface area (Å²) < 4.78 is 38.6. The van der Waals surface area contributed by atoms with Crippen LogP contribution in [0.4, 0.5) is 5.69 Å². The van der Waals surface area contributed by atoms with Gasteiger partial charge in [0.2, 0.25) is 5.91 Å². The molecule has 1 N–H and O–H groups in total. The number of hydrogen-bond acceptors (Lipinski definition) is 5. The Labute approximate surface area is 152 Å². The van der Waals surface area contributed by atoms with E-state index in [-0.39, 0.29) is 11.4 Å². The molecule has 8 heteroatoms. The third-order valence-corrected chi connectivity index (χ3v) is 5.81.